The van der Waals surface area contributed by atoms with E-state index in [0.717, 1.165) is 34.3 Å². The Hall–Kier alpha value is -2.61. The Balaban J connectivity index is 1.39. The molecular weight excluding hydrogens is 362 g/mol. The van der Waals surface area contributed by atoms with Gasteiger partial charge in [-0.15, -0.1) is 0 Å². The van der Waals surface area contributed by atoms with E-state index in [2.05, 4.69) is 4.90 Å². The maximum absolute atomic E-state index is 12.6. The number of hydrogen-bond acceptors (Lipinski definition) is 6. The number of urea groups is 1. The Morgan fingerprint density at radius 3 is 2.68 bits per heavy atom. The van der Waals surface area contributed by atoms with Gasteiger partial charge >= 0.3 is 17.8 Å². The van der Waals surface area contributed by atoms with Crippen LogP contribution in [-0.4, -0.2) is 77.5 Å². The molecule has 150 valence electrons. The van der Waals surface area contributed by atoms with Gasteiger partial charge in [-0.05, 0) is 37.9 Å². The van der Waals surface area contributed by atoms with Crippen LogP contribution in [0.5, 0.6) is 11.5 Å². The average Bonchev–Trinajstić information content (AvgIpc) is 2.92. The number of rotatable bonds is 5. The van der Waals surface area contributed by atoms with Gasteiger partial charge in [0.15, 0.2) is 11.5 Å². The first-order valence-corrected chi connectivity index (χ1v) is 9.88. The number of amides is 4. The van der Waals surface area contributed by atoms with Gasteiger partial charge in [0, 0.05) is 19.6 Å². The number of ether oxygens (including phenoxy) is 2. The van der Waals surface area contributed by atoms with Crippen LogP contribution in [0.2, 0.25) is 0 Å². The molecule has 8 nitrogen and oxygen atoms in total. The first kappa shape index (κ1) is 18.7. The normalized spacial score (nSPS) is 25.5. The molecule has 8 heteroatoms. The monoisotopic (exact) mass is 387 g/mol. The van der Waals surface area contributed by atoms with E-state index in [1.54, 1.807) is 0 Å². The van der Waals surface area contributed by atoms with Gasteiger partial charge in [-0.25, -0.2) is 4.79 Å². The largest absolute Gasteiger partial charge is 0.486 e. The summed E-state index contributed by atoms with van der Waals surface area (Å²) < 4.78 is 11.8. The Morgan fingerprint density at radius 2 is 1.89 bits per heavy atom. The summed E-state index contributed by atoms with van der Waals surface area (Å²) in [6, 6.07) is 6.82. The van der Waals surface area contributed by atoms with Crippen LogP contribution in [0.4, 0.5) is 4.79 Å². The summed E-state index contributed by atoms with van der Waals surface area (Å²) in [6.45, 7) is 4.67. The van der Waals surface area contributed by atoms with E-state index >= 15 is 0 Å². The van der Waals surface area contributed by atoms with E-state index in [1.165, 1.54) is 0 Å². The fourth-order valence-corrected chi connectivity index (χ4v) is 4.11. The van der Waals surface area contributed by atoms with Crippen molar-refractivity contribution in [3.63, 3.8) is 0 Å². The topological polar surface area (TPSA) is 79.4 Å². The van der Waals surface area contributed by atoms with E-state index in [4.69, 9.17) is 9.47 Å². The molecule has 28 heavy (non-hydrogen) atoms. The molecule has 2 fully saturated rings. The standard InChI is InChI=1S/C20H25N3O5/c1-2-9-22-18(24)19(25)23(20(22)26)14-6-5-10-21(11-14)12-15-13-27-16-7-3-4-8-17(16)28-15/h3-4,7-8,14-15H,2,5-6,9-13H2,1H3/t14-,15-/m0/s1. The molecule has 0 spiro atoms. The third-order valence-corrected chi connectivity index (χ3v) is 5.41. The summed E-state index contributed by atoms with van der Waals surface area (Å²) in [6.07, 6.45) is 2.09. The number of imide groups is 2. The summed E-state index contributed by atoms with van der Waals surface area (Å²) in [7, 11) is 0. The van der Waals surface area contributed by atoms with Gasteiger partial charge in [0.1, 0.15) is 12.7 Å². The van der Waals surface area contributed by atoms with E-state index < -0.39 is 17.8 Å². The summed E-state index contributed by atoms with van der Waals surface area (Å²) in [5, 5.41) is 0. The van der Waals surface area contributed by atoms with E-state index in [1.807, 2.05) is 31.2 Å². The molecule has 0 saturated carbocycles. The van der Waals surface area contributed by atoms with E-state index in [-0.39, 0.29) is 18.7 Å². The van der Waals surface area contributed by atoms with Gasteiger partial charge in [-0.1, -0.05) is 19.1 Å². The van der Waals surface area contributed by atoms with E-state index in [0.29, 0.717) is 32.5 Å². The number of piperidine rings is 1. The summed E-state index contributed by atoms with van der Waals surface area (Å²) in [4.78, 5) is 41.5. The first-order chi connectivity index (χ1) is 13.6. The Bertz CT molecular complexity index is 783. The first-order valence-electron chi connectivity index (χ1n) is 9.88. The predicted octanol–water partition coefficient (Wildman–Crippen LogP) is 1.49. The molecule has 0 bridgehead atoms. The maximum atomic E-state index is 12.6. The fourth-order valence-electron chi connectivity index (χ4n) is 4.11. The zero-order valence-corrected chi connectivity index (χ0v) is 16.0. The molecule has 4 rings (SSSR count). The SMILES string of the molecule is CCCN1C(=O)C(=O)N([C@H]2CCCN(C[C@H]3COc4ccccc4O3)C2)C1=O. The Labute approximate surface area is 164 Å². The van der Waals surface area contributed by atoms with Gasteiger partial charge in [0.05, 0.1) is 6.04 Å². The lowest BCUT2D eigenvalue weighted by molar-refractivity contribution is -0.144. The average molecular weight is 387 g/mol. The number of fused-ring (bicyclic) bond motifs is 1. The lowest BCUT2D eigenvalue weighted by Gasteiger charge is -2.38. The van der Waals surface area contributed by atoms with Gasteiger partial charge < -0.3 is 9.47 Å². The minimum absolute atomic E-state index is 0.114. The number of benzene rings is 1. The van der Waals surface area contributed by atoms with Crippen molar-refractivity contribution in [1.29, 1.82) is 0 Å². The number of para-hydroxylation sites is 2. The second-order valence-electron chi connectivity index (χ2n) is 7.47. The highest BCUT2D eigenvalue weighted by Crippen LogP contribution is 2.31. The number of hydrogen-bond donors (Lipinski definition) is 0. The van der Waals surface area contributed by atoms with Gasteiger partial charge in [-0.3, -0.25) is 24.3 Å². The van der Waals surface area contributed by atoms with Crippen molar-refractivity contribution < 1.29 is 23.9 Å². The summed E-state index contributed by atoms with van der Waals surface area (Å²) >= 11 is 0. The molecule has 3 aliphatic heterocycles. The summed E-state index contributed by atoms with van der Waals surface area (Å²) in [5.74, 6) is 0.0807. The molecule has 2 atom stereocenters. The Morgan fingerprint density at radius 1 is 1.11 bits per heavy atom. The highest BCUT2D eigenvalue weighted by molar-refractivity contribution is 6.44. The van der Waals surface area contributed by atoms with Crippen LogP contribution in [0.1, 0.15) is 26.2 Å². The molecule has 2 saturated heterocycles. The lowest BCUT2D eigenvalue weighted by atomic mass is 10.0. The molecule has 0 aromatic heterocycles. The molecule has 0 unspecified atom stereocenters. The zero-order chi connectivity index (χ0) is 19.7. The molecule has 4 amide bonds. The van der Waals surface area contributed by atoms with Crippen molar-refractivity contribution in [2.24, 2.45) is 0 Å². The zero-order valence-electron chi connectivity index (χ0n) is 16.0. The fraction of sp³-hybridized carbons (Fsp3) is 0.550. The van der Waals surface area contributed by atoms with Crippen molar-refractivity contribution in [2.75, 3.05) is 32.8 Å². The molecule has 0 N–H and O–H groups in total. The van der Waals surface area contributed by atoms with Crippen LogP contribution < -0.4 is 9.47 Å². The molecular formula is C20H25N3O5. The van der Waals surface area contributed by atoms with Crippen molar-refractivity contribution in [1.82, 2.24) is 14.7 Å². The van der Waals surface area contributed by atoms with Gasteiger partial charge in [-0.2, -0.15) is 0 Å². The van der Waals surface area contributed by atoms with E-state index in [9.17, 15) is 14.4 Å². The lowest BCUT2D eigenvalue weighted by Crippen LogP contribution is -2.53. The molecule has 3 aliphatic rings. The summed E-state index contributed by atoms with van der Waals surface area (Å²) in [5.41, 5.74) is 0. The van der Waals surface area contributed by atoms with Gasteiger partial charge in [0.2, 0.25) is 0 Å². The quantitative estimate of drug-likeness (QED) is 0.563. The van der Waals surface area contributed by atoms with Crippen molar-refractivity contribution in [3.8, 4) is 11.5 Å². The molecule has 1 aromatic rings. The van der Waals surface area contributed by atoms with Crippen molar-refractivity contribution >= 4 is 17.8 Å². The molecule has 3 heterocycles. The van der Waals surface area contributed by atoms with Crippen LogP contribution >= 0.6 is 0 Å². The number of nitrogens with zero attached hydrogens (tertiary/aromatic N) is 3. The van der Waals surface area contributed by atoms with Gasteiger partial charge in [0.25, 0.3) is 0 Å². The molecule has 1 aromatic carbocycles. The van der Waals surface area contributed by atoms with Crippen LogP contribution in [0.15, 0.2) is 24.3 Å². The minimum atomic E-state index is -0.704. The van der Waals surface area contributed by atoms with Crippen LogP contribution in [0.25, 0.3) is 0 Å². The van der Waals surface area contributed by atoms with Crippen LogP contribution in [0, 0.1) is 0 Å². The number of carbonyl (C=O) groups excluding carboxylic acids is 3. The predicted molar refractivity (Wildman–Crippen MR) is 100 cm³/mol. The maximum Gasteiger partial charge on any atom is 0.334 e. The third-order valence-electron chi connectivity index (χ3n) is 5.41. The number of likely N-dealkylation sites (tertiary alicyclic amines) is 1. The smallest absolute Gasteiger partial charge is 0.334 e. The second-order valence-corrected chi connectivity index (χ2v) is 7.47. The molecule has 0 aliphatic carbocycles. The second kappa shape index (κ2) is 7.79. The Kier molecular flexibility index (Phi) is 5.21. The third kappa shape index (κ3) is 3.44. The van der Waals surface area contributed by atoms with Crippen molar-refractivity contribution in [3.05, 3.63) is 24.3 Å². The molecule has 0 radical (unpaired) electrons. The van der Waals surface area contributed by atoms with Crippen LogP contribution in [-0.2, 0) is 9.59 Å². The highest BCUT2D eigenvalue weighted by Gasteiger charge is 2.48. The number of carbonyl (C=O) groups is 3. The highest BCUT2D eigenvalue weighted by atomic mass is 16.6. The van der Waals surface area contributed by atoms with Crippen LogP contribution in [0.3, 0.4) is 0 Å². The van der Waals surface area contributed by atoms with Crippen molar-refractivity contribution in [2.45, 2.75) is 38.3 Å². The minimum Gasteiger partial charge on any atom is -0.486 e.